The molecule has 1 aromatic heterocycles. The highest BCUT2D eigenvalue weighted by atomic mass is 35.5. The van der Waals surface area contributed by atoms with Gasteiger partial charge in [-0.2, -0.15) is 4.31 Å². The molecule has 2 aromatic carbocycles. The number of imidazole rings is 1. The Labute approximate surface area is 251 Å². The third-order valence-electron chi connectivity index (χ3n) is 7.09. The monoisotopic (exact) mass is 639 g/mol. The second kappa shape index (κ2) is 12.6. The van der Waals surface area contributed by atoms with Crippen molar-refractivity contribution in [3.63, 3.8) is 0 Å². The van der Waals surface area contributed by atoms with Gasteiger partial charge in [-0.05, 0) is 49.4 Å². The minimum absolute atomic E-state index is 0.0109. The number of rotatable bonds is 9. The minimum atomic E-state index is -3.96. The first-order valence-electron chi connectivity index (χ1n) is 13.1. The summed E-state index contributed by atoms with van der Waals surface area (Å²) >= 11 is 5.89. The van der Waals surface area contributed by atoms with Gasteiger partial charge in [0.05, 0.1) is 36.8 Å². The average Bonchev–Trinajstić information content (AvgIpc) is 3.39. The molecule has 0 unspecified atom stereocenters. The summed E-state index contributed by atoms with van der Waals surface area (Å²) in [6, 6.07) is 9.77. The molecule has 42 heavy (non-hydrogen) atoms. The van der Waals surface area contributed by atoms with Gasteiger partial charge in [-0.15, -0.1) is 0 Å². The van der Waals surface area contributed by atoms with Crippen molar-refractivity contribution in [1.82, 2.24) is 18.8 Å². The topological polar surface area (TPSA) is 151 Å². The fourth-order valence-corrected chi connectivity index (χ4v) is 6.89. The first-order chi connectivity index (χ1) is 19.7. The lowest BCUT2D eigenvalue weighted by Gasteiger charge is -2.33. The van der Waals surface area contributed by atoms with Crippen molar-refractivity contribution in [3.05, 3.63) is 65.6 Å². The summed E-state index contributed by atoms with van der Waals surface area (Å²) in [7, 11) is -4.79. The van der Waals surface area contributed by atoms with E-state index in [9.17, 15) is 26.7 Å². The number of aliphatic hydroxyl groups is 1. The smallest absolute Gasteiger partial charge is 0.261 e. The molecule has 1 amide bonds. The molecule has 228 valence electrons. The summed E-state index contributed by atoms with van der Waals surface area (Å²) in [4.78, 5) is 19.0. The van der Waals surface area contributed by atoms with E-state index >= 15 is 0 Å². The van der Waals surface area contributed by atoms with E-state index in [1.807, 2.05) is 6.92 Å². The SMILES string of the molecule is C[C@H]1CN([C@@H](C)CO)C(=O)Cc2cc(NS(=O)(=O)c3ccc(Cl)cc3)ccc2O[C@@H]1CN(C)S(=O)(=O)c1cn(C)cn1. The number of fused-ring (bicyclic) bond motifs is 1. The number of nitrogens with one attached hydrogen (secondary N) is 1. The van der Waals surface area contributed by atoms with Crippen molar-refractivity contribution in [2.75, 3.05) is 31.5 Å². The number of aromatic nitrogens is 2. The molecule has 3 atom stereocenters. The van der Waals surface area contributed by atoms with E-state index < -0.39 is 32.2 Å². The molecule has 3 aromatic rings. The van der Waals surface area contributed by atoms with Crippen LogP contribution in [-0.4, -0.2) is 85.5 Å². The van der Waals surface area contributed by atoms with Crippen molar-refractivity contribution < 1.29 is 31.5 Å². The molecule has 0 radical (unpaired) electrons. The van der Waals surface area contributed by atoms with Crippen LogP contribution in [0, 0.1) is 5.92 Å². The lowest BCUT2D eigenvalue weighted by molar-refractivity contribution is -0.134. The Morgan fingerprint density at radius 1 is 1.19 bits per heavy atom. The Morgan fingerprint density at radius 3 is 2.50 bits per heavy atom. The Morgan fingerprint density at radius 2 is 1.88 bits per heavy atom. The predicted molar refractivity (Wildman–Crippen MR) is 157 cm³/mol. The number of carbonyl (C=O) groups excluding carboxylic acids is 1. The molecule has 4 rings (SSSR count). The maximum Gasteiger partial charge on any atom is 0.261 e. The molecule has 2 N–H and O–H groups in total. The molecular weight excluding hydrogens is 606 g/mol. The van der Waals surface area contributed by atoms with E-state index in [1.54, 1.807) is 20.0 Å². The number of likely N-dealkylation sites (N-methyl/N-ethyl adjacent to an activating group) is 1. The molecule has 2 heterocycles. The number of benzene rings is 2. The number of amides is 1. The van der Waals surface area contributed by atoms with Gasteiger partial charge in [-0.1, -0.05) is 18.5 Å². The number of aryl methyl sites for hydroxylation is 1. The van der Waals surface area contributed by atoms with Crippen LogP contribution in [0.15, 0.2) is 64.9 Å². The highest BCUT2D eigenvalue weighted by molar-refractivity contribution is 7.92. The van der Waals surface area contributed by atoms with Gasteiger partial charge >= 0.3 is 0 Å². The predicted octanol–water partition coefficient (Wildman–Crippen LogP) is 2.34. The molecule has 0 spiro atoms. The third-order valence-corrected chi connectivity index (χ3v) is 10.4. The zero-order valence-corrected chi connectivity index (χ0v) is 26.0. The van der Waals surface area contributed by atoms with E-state index in [-0.39, 0.29) is 53.6 Å². The van der Waals surface area contributed by atoms with E-state index in [4.69, 9.17) is 16.3 Å². The number of anilines is 1. The van der Waals surface area contributed by atoms with Gasteiger partial charge in [-0.25, -0.2) is 21.8 Å². The number of nitrogens with zero attached hydrogens (tertiary/aromatic N) is 4. The number of hydrogen-bond donors (Lipinski definition) is 2. The fourth-order valence-electron chi connectivity index (χ4n) is 4.57. The third kappa shape index (κ3) is 7.06. The van der Waals surface area contributed by atoms with E-state index in [0.29, 0.717) is 16.3 Å². The maximum absolute atomic E-state index is 13.4. The summed E-state index contributed by atoms with van der Waals surface area (Å²) in [6.45, 7) is 3.43. The molecular formula is C27H34ClN5O7S2. The molecule has 0 aliphatic carbocycles. The van der Waals surface area contributed by atoms with Crippen molar-refractivity contribution in [2.45, 2.75) is 42.3 Å². The number of halogens is 1. The first kappa shape index (κ1) is 31.8. The van der Waals surface area contributed by atoms with Crippen molar-refractivity contribution in [1.29, 1.82) is 0 Å². The Balaban J connectivity index is 1.68. The first-order valence-corrected chi connectivity index (χ1v) is 16.4. The van der Waals surface area contributed by atoms with Crippen LogP contribution in [-0.2, 0) is 38.3 Å². The zero-order chi connectivity index (χ0) is 30.8. The van der Waals surface area contributed by atoms with E-state index in [1.165, 1.54) is 65.4 Å². The van der Waals surface area contributed by atoms with Gasteiger partial charge in [-0.3, -0.25) is 9.52 Å². The summed E-state index contributed by atoms with van der Waals surface area (Å²) in [5, 5.41) is 10.1. The van der Waals surface area contributed by atoms with Crippen LogP contribution in [0.1, 0.15) is 19.4 Å². The summed E-state index contributed by atoms with van der Waals surface area (Å²) < 4.78 is 63.9. The number of sulfonamides is 2. The maximum atomic E-state index is 13.4. The van der Waals surface area contributed by atoms with Crippen molar-refractivity contribution >= 4 is 43.2 Å². The molecule has 12 nitrogen and oxygen atoms in total. The van der Waals surface area contributed by atoms with Gasteiger partial charge in [0.15, 0.2) is 5.03 Å². The van der Waals surface area contributed by atoms with Crippen molar-refractivity contribution in [2.24, 2.45) is 13.0 Å². The van der Waals surface area contributed by atoms with Crippen LogP contribution in [0.25, 0.3) is 0 Å². The molecule has 0 saturated heterocycles. The van der Waals surface area contributed by atoms with Gasteiger partial charge in [0.25, 0.3) is 20.0 Å². The highest BCUT2D eigenvalue weighted by Gasteiger charge is 2.34. The highest BCUT2D eigenvalue weighted by Crippen LogP contribution is 2.30. The van der Waals surface area contributed by atoms with Gasteiger partial charge in [0.2, 0.25) is 5.91 Å². The summed E-state index contributed by atoms with van der Waals surface area (Å²) in [5.41, 5.74) is 0.612. The lowest BCUT2D eigenvalue weighted by atomic mass is 10.0. The summed E-state index contributed by atoms with van der Waals surface area (Å²) in [5.74, 6) is -0.323. The second-order valence-corrected chi connectivity index (χ2v) is 14.5. The lowest BCUT2D eigenvalue weighted by Crippen LogP contribution is -2.48. The normalized spacial score (nSPS) is 18.9. The number of ether oxygens (including phenoxy) is 1. The molecule has 0 saturated carbocycles. The van der Waals surface area contributed by atoms with Crippen molar-refractivity contribution in [3.8, 4) is 5.75 Å². The second-order valence-electron chi connectivity index (χ2n) is 10.4. The molecule has 1 aliphatic rings. The van der Waals surface area contributed by atoms with Gasteiger partial charge in [0.1, 0.15) is 11.9 Å². The quantitative estimate of drug-likeness (QED) is 0.362. The van der Waals surface area contributed by atoms with Gasteiger partial charge in [0, 0.05) is 49.0 Å². The fraction of sp³-hybridized carbons (Fsp3) is 0.407. The molecule has 0 bridgehead atoms. The zero-order valence-electron chi connectivity index (χ0n) is 23.6. The number of carbonyl (C=O) groups is 1. The van der Waals surface area contributed by atoms with E-state index in [0.717, 1.165) is 4.31 Å². The summed E-state index contributed by atoms with van der Waals surface area (Å²) in [6.07, 6.45) is 1.97. The van der Waals surface area contributed by atoms with Gasteiger partial charge < -0.3 is 19.3 Å². The largest absolute Gasteiger partial charge is 0.488 e. The molecule has 0 fully saturated rings. The molecule has 1 aliphatic heterocycles. The Bertz CT molecular complexity index is 1650. The Hall–Kier alpha value is -3.17. The van der Waals surface area contributed by atoms with Crippen LogP contribution >= 0.6 is 11.6 Å². The minimum Gasteiger partial charge on any atom is -0.488 e. The molecule has 15 heteroatoms. The number of aliphatic hydroxyl groups excluding tert-OH is 1. The Kier molecular flexibility index (Phi) is 9.52. The average molecular weight is 640 g/mol. The van der Waals surface area contributed by atoms with E-state index in [2.05, 4.69) is 9.71 Å². The van der Waals surface area contributed by atoms with Crippen LogP contribution in [0.2, 0.25) is 5.02 Å². The van der Waals surface area contributed by atoms with Crippen LogP contribution in [0.5, 0.6) is 5.75 Å². The number of hydrogen-bond acceptors (Lipinski definition) is 8. The standard InChI is InChI=1S/C27H34ClN5O7S2/c1-18-13-33(19(2)16-34)27(35)12-20-11-22(30-41(36,37)23-8-5-21(28)6-9-23)7-10-24(20)40-25(18)14-32(4)42(38,39)26-15-31(3)17-29-26/h5-11,15,17-19,25,30,34H,12-14,16H2,1-4H3/t18-,19-,25+/m0/s1. The van der Waals surface area contributed by atoms with Crippen LogP contribution < -0.4 is 9.46 Å². The van der Waals surface area contributed by atoms with Crippen LogP contribution in [0.4, 0.5) is 5.69 Å². The van der Waals surface area contributed by atoms with Crippen LogP contribution in [0.3, 0.4) is 0 Å².